The van der Waals surface area contributed by atoms with Crippen LogP contribution in [0.1, 0.15) is 12.0 Å². The number of hydrogen-bond acceptors (Lipinski definition) is 4. The van der Waals surface area contributed by atoms with E-state index >= 15 is 0 Å². The van der Waals surface area contributed by atoms with Crippen molar-refractivity contribution in [3.63, 3.8) is 0 Å². The highest BCUT2D eigenvalue weighted by Gasteiger charge is 2.07. The van der Waals surface area contributed by atoms with Crippen molar-refractivity contribution in [3.05, 3.63) is 23.8 Å². The summed E-state index contributed by atoms with van der Waals surface area (Å²) < 4.78 is 1.18. The molecular weight excluding hydrogens is 246 g/mol. The van der Waals surface area contributed by atoms with Crippen molar-refractivity contribution in [3.8, 4) is 0 Å². The molecule has 1 heterocycles. The highest BCUT2D eigenvalue weighted by molar-refractivity contribution is 7.22. The Hall–Kier alpha value is -1.62. The molecule has 96 valence electrons. The monoisotopic (exact) mass is 263 g/mol. The predicted molar refractivity (Wildman–Crippen MR) is 76.2 cm³/mol. The number of amides is 1. The van der Waals surface area contributed by atoms with Crippen LogP contribution in [-0.4, -0.2) is 36.4 Å². The van der Waals surface area contributed by atoms with Gasteiger partial charge in [0.2, 0.25) is 5.91 Å². The number of para-hydroxylation sites is 1. The third-order valence-corrected chi connectivity index (χ3v) is 3.71. The van der Waals surface area contributed by atoms with E-state index in [2.05, 4.69) is 29.4 Å². The number of benzene rings is 1. The summed E-state index contributed by atoms with van der Waals surface area (Å²) in [6.45, 7) is 2.68. The average Bonchev–Trinajstić information content (AvgIpc) is 2.73. The number of fused-ring (bicyclic) bond motifs is 1. The third-order valence-electron chi connectivity index (χ3n) is 2.73. The van der Waals surface area contributed by atoms with Gasteiger partial charge in [-0.05, 0) is 18.6 Å². The van der Waals surface area contributed by atoms with Crippen LogP contribution >= 0.6 is 11.3 Å². The lowest BCUT2D eigenvalue weighted by molar-refractivity contribution is -0.128. The van der Waals surface area contributed by atoms with Crippen molar-refractivity contribution in [2.45, 2.75) is 13.3 Å². The lowest BCUT2D eigenvalue weighted by Gasteiger charge is -2.09. The molecule has 0 unspecified atom stereocenters. The minimum absolute atomic E-state index is 0.125. The Labute approximate surface area is 111 Å². The van der Waals surface area contributed by atoms with Crippen molar-refractivity contribution >= 4 is 32.6 Å². The van der Waals surface area contributed by atoms with Gasteiger partial charge in [0.05, 0.1) is 10.2 Å². The molecule has 2 aromatic rings. The van der Waals surface area contributed by atoms with Crippen molar-refractivity contribution in [1.82, 2.24) is 9.88 Å². The summed E-state index contributed by atoms with van der Waals surface area (Å²) in [7, 11) is 3.53. The Morgan fingerprint density at radius 1 is 1.44 bits per heavy atom. The number of rotatable bonds is 4. The largest absolute Gasteiger partial charge is 0.361 e. The zero-order chi connectivity index (χ0) is 13.1. The van der Waals surface area contributed by atoms with Gasteiger partial charge < -0.3 is 10.2 Å². The smallest absolute Gasteiger partial charge is 0.223 e. The van der Waals surface area contributed by atoms with Gasteiger partial charge in [0.15, 0.2) is 5.13 Å². The molecule has 1 aromatic heterocycles. The quantitative estimate of drug-likeness (QED) is 0.921. The van der Waals surface area contributed by atoms with Gasteiger partial charge >= 0.3 is 0 Å². The maximum absolute atomic E-state index is 11.4. The van der Waals surface area contributed by atoms with Crippen LogP contribution in [0.4, 0.5) is 5.13 Å². The van der Waals surface area contributed by atoms with Crippen molar-refractivity contribution in [1.29, 1.82) is 0 Å². The molecule has 1 amide bonds. The van der Waals surface area contributed by atoms with E-state index < -0.39 is 0 Å². The van der Waals surface area contributed by atoms with E-state index in [0.29, 0.717) is 13.0 Å². The number of carbonyl (C=O) groups is 1. The van der Waals surface area contributed by atoms with Gasteiger partial charge in [-0.25, -0.2) is 4.98 Å². The number of hydrogen-bond donors (Lipinski definition) is 1. The fourth-order valence-corrected chi connectivity index (χ4v) is 2.63. The average molecular weight is 263 g/mol. The minimum Gasteiger partial charge on any atom is -0.361 e. The Balaban J connectivity index is 2.00. The topological polar surface area (TPSA) is 45.2 Å². The maximum atomic E-state index is 11.4. The Morgan fingerprint density at radius 2 is 2.22 bits per heavy atom. The van der Waals surface area contributed by atoms with E-state index in [1.165, 1.54) is 10.3 Å². The van der Waals surface area contributed by atoms with Gasteiger partial charge in [-0.3, -0.25) is 4.79 Å². The second-order valence-corrected chi connectivity index (χ2v) is 5.44. The number of aromatic nitrogens is 1. The first-order valence-corrected chi connectivity index (χ1v) is 6.70. The molecule has 18 heavy (non-hydrogen) atoms. The first-order chi connectivity index (χ1) is 8.58. The van der Waals surface area contributed by atoms with Crippen LogP contribution in [0.3, 0.4) is 0 Å². The summed E-state index contributed by atoms with van der Waals surface area (Å²) in [5, 5.41) is 4.09. The predicted octanol–water partition coefficient (Wildman–Crippen LogP) is 2.49. The van der Waals surface area contributed by atoms with Crippen molar-refractivity contribution in [2.75, 3.05) is 26.0 Å². The first-order valence-electron chi connectivity index (χ1n) is 5.88. The second-order valence-electron chi connectivity index (χ2n) is 4.41. The first kappa shape index (κ1) is 12.8. The van der Waals surface area contributed by atoms with Gasteiger partial charge in [0.1, 0.15) is 0 Å². The molecule has 0 saturated heterocycles. The highest BCUT2D eigenvalue weighted by atomic mass is 32.1. The number of aryl methyl sites for hydroxylation is 1. The molecule has 1 aromatic carbocycles. The van der Waals surface area contributed by atoms with Crippen LogP contribution in [-0.2, 0) is 4.79 Å². The van der Waals surface area contributed by atoms with E-state index in [1.807, 2.05) is 6.07 Å². The van der Waals surface area contributed by atoms with E-state index in [-0.39, 0.29) is 5.91 Å². The van der Waals surface area contributed by atoms with Crippen LogP contribution in [0.15, 0.2) is 18.2 Å². The number of nitrogens with zero attached hydrogens (tertiary/aromatic N) is 2. The fraction of sp³-hybridized carbons (Fsp3) is 0.385. The molecule has 0 aliphatic rings. The van der Waals surface area contributed by atoms with Crippen molar-refractivity contribution < 1.29 is 4.79 Å². The minimum atomic E-state index is 0.125. The summed E-state index contributed by atoms with van der Waals surface area (Å²) in [6.07, 6.45) is 0.488. The number of nitrogens with one attached hydrogen (secondary N) is 1. The summed E-state index contributed by atoms with van der Waals surface area (Å²) in [5.41, 5.74) is 2.23. The second kappa shape index (κ2) is 5.35. The zero-order valence-electron chi connectivity index (χ0n) is 10.9. The molecule has 0 radical (unpaired) electrons. The van der Waals surface area contributed by atoms with Crippen LogP contribution < -0.4 is 5.32 Å². The lowest BCUT2D eigenvalue weighted by atomic mass is 10.2. The third kappa shape index (κ3) is 2.79. The zero-order valence-corrected chi connectivity index (χ0v) is 11.7. The highest BCUT2D eigenvalue weighted by Crippen LogP contribution is 2.27. The van der Waals surface area contributed by atoms with E-state index in [0.717, 1.165) is 10.6 Å². The van der Waals surface area contributed by atoms with Crippen LogP contribution in [0.2, 0.25) is 0 Å². The van der Waals surface area contributed by atoms with E-state index in [9.17, 15) is 4.79 Å². The van der Waals surface area contributed by atoms with Crippen molar-refractivity contribution in [2.24, 2.45) is 0 Å². The molecule has 1 N–H and O–H groups in total. The summed E-state index contributed by atoms with van der Waals surface area (Å²) in [6, 6.07) is 6.16. The molecule has 0 aliphatic heterocycles. The van der Waals surface area contributed by atoms with Crippen LogP contribution in [0.25, 0.3) is 10.2 Å². The van der Waals surface area contributed by atoms with E-state index in [1.54, 1.807) is 30.3 Å². The van der Waals surface area contributed by atoms with Crippen LogP contribution in [0.5, 0.6) is 0 Å². The summed E-state index contributed by atoms with van der Waals surface area (Å²) in [4.78, 5) is 17.6. The van der Waals surface area contributed by atoms with Gasteiger partial charge in [0, 0.05) is 27.1 Å². The molecule has 4 nitrogen and oxygen atoms in total. The Bertz CT molecular complexity index is 562. The summed E-state index contributed by atoms with van der Waals surface area (Å²) >= 11 is 1.62. The number of anilines is 1. The fourth-order valence-electron chi connectivity index (χ4n) is 1.66. The number of carbonyl (C=O) groups excluding carboxylic acids is 1. The Kier molecular flexibility index (Phi) is 3.81. The normalized spacial score (nSPS) is 10.6. The maximum Gasteiger partial charge on any atom is 0.223 e. The summed E-state index contributed by atoms with van der Waals surface area (Å²) in [5.74, 6) is 0.125. The molecule has 0 saturated carbocycles. The Morgan fingerprint density at radius 3 is 2.89 bits per heavy atom. The number of thiazole rings is 1. The SMILES string of the molecule is Cc1cccc2sc(NCCC(=O)N(C)C)nc12. The van der Waals surface area contributed by atoms with Gasteiger partial charge in [-0.2, -0.15) is 0 Å². The molecule has 0 atom stereocenters. The molecule has 0 spiro atoms. The molecule has 0 aliphatic carbocycles. The van der Waals surface area contributed by atoms with Gasteiger partial charge in [-0.15, -0.1) is 0 Å². The molecule has 0 bridgehead atoms. The molecular formula is C13H17N3OS. The van der Waals surface area contributed by atoms with E-state index in [4.69, 9.17) is 0 Å². The van der Waals surface area contributed by atoms with Gasteiger partial charge in [0.25, 0.3) is 0 Å². The van der Waals surface area contributed by atoms with Gasteiger partial charge in [-0.1, -0.05) is 23.5 Å². The molecule has 2 rings (SSSR count). The lowest BCUT2D eigenvalue weighted by Crippen LogP contribution is -2.23. The molecule has 0 fully saturated rings. The molecule has 5 heteroatoms. The standard InChI is InChI=1S/C13H17N3OS/c1-9-5-4-6-10-12(9)15-13(18-10)14-8-7-11(17)16(2)3/h4-6H,7-8H2,1-3H3,(H,14,15). The van der Waals surface area contributed by atoms with Crippen LogP contribution in [0, 0.1) is 6.92 Å².